The lowest BCUT2D eigenvalue weighted by molar-refractivity contribution is -0.129. The largest absolute Gasteiger partial charge is 0.467 e. The van der Waals surface area contributed by atoms with E-state index >= 15 is 0 Å². The molecule has 1 fully saturated rings. The number of carbonyl (C=O) groups is 3. The van der Waals surface area contributed by atoms with Gasteiger partial charge in [0.25, 0.3) is 0 Å². The molecular formula is C18H20N2O5. The Bertz CT molecular complexity index is 736. The van der Waals surface area contributed by atoms with Crippen LogP contribution in [-0.2, 0) is 16.1 Å². The number of ketones is 1. The summed E-state index contributed by atoms with van der Waals surface area (Å²) in [4.78, 5) is 38.0. The third kappa shape index (κ3) is 4.17. The molecule has 0 radical (unpaired) electrons. The number of furan rings is 2. The molecule has 2 amide bonds. The second kappa shape index (κ2) is 7.38. The molecule has 7 heteroatoms. The highest BCUT2D eigenvalue weighted by Gasteiger charge is 2.35. The molecule has 0 aromatic carbocycles. The SMILES string of the molecule is C[C@H](CC(=O)c1ccco1)NC(=O)[C@H]1CC(=O)N(Cc2ccco2)C1. The number of carbonyl (C=O) groups excluding carboxylic acids is 3. The third-order valence-corrected chi connectivity index (χ3v) is 4.19. The van der Waals surface area contributed by atoms with Gasteiger partial charge in [-0.3, -0.25) is 14.4 Å². The zero-order valence-corrected chi connectivity index (χ0v) is 13.9. The van der Waals surface area contributed by atoms with Crippen molar-refractivity contribution in [1.82, 2.24) is 10.2 Å². The predicted molar refractivity (Wildman–Crippen MR) is 87.5 cm³/mol. The molecule has 1 aliphatic heterocycles. The van der Waals surface area contributed by atoms with Crippen molar-refractivity contribution in [3.63, 3.8) is 0 Å². The fourth-order valence-corrected chi connectivity index (χ4v) is 2.92. The number of amides is 2. The van der Waals surface area contributed by atoms with E-state index in [9.17, 15) is 14.4 Å². The summed E-state index contributed by atoms with van der Waals surface area (Å²) < 4.78 is 10.3. The van der Waals surface area contributed by atoms with E-state index in [4.69, 9.17) is 8.83 Å². The minimum absolute atomic E-state index is 0.0733. The number of nitrogens with zero attached hydrogens (tertiary/aromatic N) is 1. The highest BCUT2D eigenvalue weighted by atomic mass is 16.3. The highest BCUT2D eigenvalue weighted by Crippen LogP contribution is 2.21. The van der Waals surface area contributed by atoms with Crippen LogP contribution in [0.3, 0.4) is 0 Å². The summed E-state index contributed by atoms with van der Waals surface area (Å²) >= 11 is 0. The maximum absolute atomic E-state index is 12.4. The van der Waals surface area contributed by atoms with E-state index in [0.29, 0.717) is 18.8 Å². The summed E-state index contributed by atoms with van der Waals surface area (Å²) in [5, 5.41) is 2.81. The third-order valence-electron chi connectivity index (χ3n) is 4.19. The van der Waals surface area contributed by atoms with Crippen molar-refractivity contribution in [3.8, 4) is 0 Å². The van der Waals surface area contributed by atoms with Crippen LogP contribution in [0.5, 0.6) is 0 Å². The normalized spacial score (nSPS) is 18.4. The molecule has 3 heterocycles. The van der Waals surface area contributed by atoms with Gasteiger partial charge in [-0.1, -0.05) is 0 Å². The van der Waals surface area contributed by atoms with Gasteiger partial charge in [0, 0.05) is 25.4 Å². The van der Waals surface area contributed by atoms with Crippen LogP contribution in [0.15, 0.2) is 45.6 Å². The van der Waals surface area contributed by atoms with Gasteiger partial charge in [-0.05, 0) is 31.2 Å². The Labute approximate surface area is 145 Å². The van der Waals surface area contributed by atoms with Crippen LogP contribution in [0.2, 0.25) is 0 Å². The van der Waals surface area contributed by atoms with Crippen molar-refractivity contribution < 1.29 is 23.2 Å². The second-order valence-corrected chi connectivity index (χ2v) is 6.27. The molecule has 0 bridgehead atoms. The van der Waals surface area contributed by atoms with Gasteiger partial charge in [0.2, 0.25) is 11.8 Å². The van der Waals surface area contributed by atoms with E-state index in [2.05, 4.69) is 5.32 Å². The van der Waals surface area contributed by atoms with E-state index in [1.54, 1.807) is 42.4 Å². The Morgan fingerprint density at radius 1 is 1.28 bits per heavy atom. The number of rotatable bonds is 7. The van der Waals surface area contributed by atoms with Crippen molar-refractivity contribution >= 4 is 17.6 Å². The van der Waals surface area contributed by atoms with Gasteiger partial charge in [0.15, 0.2) is 11.5 Å². The molecule has 3 rings (SSSR count). The maximum atomic E-state index is 12.4. The van der Waals surface area contributed by atoms with Crippen LogP contribution in [-0.4, -0.2) is 35.1 Å². The molecule has 1 saturated heterocycles. The maximum Gasteiger partial charge on any atom is 0.225 e. The molecular weight excluding hydrogens is 324 g/mol. The second-order valence-electron chi connectivity index (χ2n) is 6.27. The molecule has 25 heavy (non-hydrogen) atoms. The molecule has 0 saturated carbocycles. The van der Waals surface area contributed by atoms with Crippen LogP contribution in [0.25, 0.3) is 0 Å². The molecule has 7 nitrogen and oxygen atoms in total. The van der Waals surface area contributed by atoms with E-state index in [-0.39, 0.29) is 42.2 Å². The summed E-state index contributed by atoms with van der Waals surface area (Å²) in [5.41, 5.74) is 0. The van der Waals surface area contributed by atoms with Gasteiger partial charge in [0.05, 0.1) is 25.0 Å². The lowest BCUT2D eigenvalue weighted by Crippen LogP contribution is -2.39. The van der Waals surface area contributed by atoms with Gasteiger partial charge in [-0.25, -0.2) is 0 Å². The minimum atomic E-state index is -0.413. The topological polar surface area (TPSA) is 92.8 Å². The minimum Gasteiger partial charge on any atom is -0.467 e. The number of likely N-dealkylation sites (tertiary alicyclic amines) is 1. The van der Waals surface area contributed by atoms with Gasteiger partial charge in [-0.2, -0.15) is 0 Å². The van der Waals surface area contributed by atoms with Crippen molar-refractivity contribution in [3.05, 3.63) is 48.3 Å². The Morgan fingerprint density at radius 3 is 2.72 bits per heavy atom. The quantitative estimate of drug-likeness (QED) is 0.776. The Hall–Kier alpha value is -2.83. The van der Waals surface area contributed by atoms with Crippen molar-refractivity contribution in [2.75, 3.05) is 6.54 Å². The van der Waals surface area contributed by atoms with Crippen LogP contribution < -0.4 is 5.32 Å². The number of hydrogen-bond donors (Lipinski definition) is 1. The monoisotopic (exact) mass is 344 g/mol. The molecule has 2 atom stereocenters. The zero-order valence-electron chi connectivity index (χ0n) is 13.9. The molecule has 0 unspecified atom stereocenters. The molecule has 0 spiro atoms. The predicted octanol–water partition coefficient (Wildman–Crippen LogP) is 2.00. The molecule has 1 aliphatic rings. The van der Waals surface area contributed by atoms with Crippen LogP contribution >= 0.6 is 0 Å². The van der Waals surface area contributed by atoms with Crippen molar-refractivity contribution in [2.24, 2.45) is 5.92 Å². The van der Waals surface area contributed by atoms with E-state index < -0.39 is 5.92 Å². The lowest BCUT2D eigenvalue weighted by Gasteiger charge is -2.17. The first kappa shape index (κ1) is 17.0. The summed E-state index contributed by atoms with van der Waals surface area (Å²) in [6.07, 6.45) is 3.31. The Kier molecular flexibility index (Phi) is 5.02. The highest BCUT2D eigenvalue weighted by molar-refractivity contribution is 5.94. The summed E-state index contributed by atoms with van der Waals surface area (Å²) in [6.45, 7) is 2.47. The van der Waals surface area contributed by atoms with Crippen molar-refractivity contribution in [1.29, 1.82) is 0 Å². The smallest absolute Gasteiger partial charge is 0.225 e. The summed E-state index contributed by atoms with van der Waals surface area (Å²) in [5.74, 6) is 0.0999. The van der Waals surface area contributed by atoms with Gasteiger partial charge < -0.3 is 19.1 Å². The van der Waals surface area contributed by atoms with Crippen molar-refractivity contribution in [2.45, 2.75) is 32.4 Å². The number of Topliss-reactive ketones (excluding diaryl/α,β-unsaturated/α-hetero) is 1. The molecule has 0 aliphatic carbocycles. The molecule has 2 aromatic heterocycles. The Morgan fingerprint density at radius 2 is 2.04 bits per heavy atom. The number of nitrogens with one attached hydrogen (secondary N) is 1. The molecule has 132 valence electrons. The van der Waals surface area contributed by atoms with Gasteiger partial charge >= 0.3 is 0 Å². The summed E-state index contributed by atoms with van der Waals surface area (Å²) in [6, 6.07) is 6.47. The fraction of sp³-hybridized carbons (Fsp3) is 0.389. The van der Waals surface area contributed by atoms with Crippen LogP contribution in [0.4, 0.5) is 0 Å². The first-order valence-electron chi connectivity index (χ1n) is 8.20. The molecule has 2 aromatic rings. The average Bonchev–Trinajstić information content (AvgIpc) is 3.30. The van der Waals surface area contributed by atoms with Gasteiger partial charge in [-0.15, -0.1) is 0 Å². The first-order valence-corrected chi connectivity index (χ1v) is 8.20. The van der Waals surface area contributed by atoms with E-state index in [0.717, 1.165) is 0 Å². The van der Waals surface area contributed by atoms with E-state index in [1.807, 2.05) is 0 Å². The Balaban J connectivity index is 1.49. The summed E-state index contributed by atoms with van der Waals surface area (Å²) in [7, 11) is 0. The van der Waals surface area contributed by atoms with Gasteiger partial charge in [0.1, 0.15) is 5.76 Å². The van der Waals surface area contributed by atoms with E-state index in [1.165, 1.54) is 6.26 Å². The standard InChI is InChI=1S/C18H20N2O5/c1-12(8-15(21)16-5-3-7-25-16)19-18(23)13-9-17(22)20(10-13)11-14-4-2-6-24-14/h2-7,12-13H,8-11H2,1H3,(H,19,23)/t12-,13+/m1/s1. The first-order chi connectivity index (χ1) is 12.0. The van der Waals surface area contributed by atoms with Crippen LogP contribution in [0, 0.1) is 5.92 Å². The van der Waals surface area contributed by atoms with Crippen LogP contribution in [0.1, 0.15) is 36.1 Å². The lowest BCUT2D eigenvalue weighted by atomic mass is 10.1. The number of hydrogen-bond acceptors (Lipinski definition) is 5. The fourth-order valence-electron chi connectivity index (χ4n) is 2.92. The zero-order chi connectivity index (χ0) is 17.8. The average molecular weight is 344 g/mol. The molecule has 1 N–H and O–H groups in total.